The molecule has 1 aromatic rings. The number of pyridine rings is 1. The summed E-state index contributed by atoms with van der Waals surface area (Å²) in [7, 11) is 0. The number of aromatic nitrogens is 1. The van der Waals surface area contributed by atoms with Crippen molar-refractivity contribution in [3.63, 3.8) is 0 Å². The molecule has 0 N–H and O–H groups in total. The lowest BCUT2D eigenvalue weighted by atomic mass is 9.84. The molecule has 2 atom stereocenters. The van der Waals surface area contributed by atoms with Crippen LogP contribution in [0.3, 0.4) is 0 Å². The molecule has 1 fully saturated rings. The van der Waals surface area contributed by atoms with E-state index in [9.17, 15) is 13.2 Å². The van der Waals surface area contributed by atoms with Crippen LogP contribution in [0.25, 0.3) is 0 Å². The van der Waals surface area contributed by atoms with Crippen molar-refractivity contribution in [2.45, 2.75) is 51.9 Å². The molecular formula is C15H20ClF3N2. The third kappa shape index (κ3) is 3.69. The molecule has 0 bridgehead atoms. The monoisotopic (exact) mass is 320 g/mol. The van der Waals surface area contributed by atoms with E-state index in [2.05, 4.69) is 4.98 Å². The predicted octanol–water partition coefficient (Wildman–Crippen LogP) is 4.85. The van der Waals surface area contributed by atoms with Gasteiger partial charge in [0.05, 0.1) is 0 Å². The zero-order valence-electron chi connectivity index (χ0n) is 12.4. The van der Waals surface area contributed by atoms with Crippen molar-refractivity contribution in [3.8, 4) is 0 Å². The smallest absolute Gasteiger partial charge is 0.285 e. The Morgan fingerprint density at radius 2 is 1.95 bits per heavy atom. The number of hydrogen-bond donors (Lipinski definition) is 0. The SMILES string of the molecule is CC(C)(C)[C@@H]1CCCN1[C@H](c1ccc(Cl)nc1)C(F)(F)F. The molecule has 6 heteroatoms. The standard InChI is InChI=1S/C15H20ClF3N2/c1-14(2,3)11-5-4-8-21(11)13(15(17,18)19)10-6-7-12(16)20-9-10/h6-7,9,11,13H,4-5,8H2,1-3H3/t11-,13+/m0/s1. The van der Waals surface area contributed by atoms with Gasteiger partial charge in [0.2, 0.25) is 0 Å². The van der Waals surface area contributed by atoms with Gasteiger partial charge in [-0.2, -0.15) is 13.2 Å². The molecule has 0 aliphatic carbocycles. The molecule has 0 spiro atoms. The Hall–Kier alpha value is -0.810. The lowest BCUT2D eigenvalue weighted by Gasteiger charge is -2.40. The fourth-order valence-electron chi connectivity index (χ4n) is 3.15. The normalized spacial score (nSPS) is 22.5. The first-order valence-electron chi connectivity index (χ1n) is 7.04. The Morgan fingerprint density at radius 3 is 2.43 bits per heavy atom. The van der Waals surface area contributed by atoms with Gasteiger partial charge in [0.1, 0.15) is 11.2 Å². The third-order valence-corrected chi connectivity index (χ3v) is 4.23. The summed E-state index contributed by atoms with van der Waals surface area (Å²) in [5.74, 6) is 0. The second-order valence-corrected chi connectivity index (χ2v) is 7.01. The summed E-state index contributed by atoms with van der Waals surface area (Å²) in [5.41, 5.74) is -0.0390. The first-order valence-corrected chi connectivity index (χ1v) is 7.42. The van der Waals surface area contributed by atoms with Crippen LogP contribution in [0, 0.1) is 5.41 Å². The van der Waals surface area contributed by atoms with E-state index in [0.29, 0.717) is 6.54 Å². The molecule has 0 saturated carbocycles. The van der Waals surface area contributed by atoms with E-state index in [-0.39, 0.29) is 22.2 Å². The van der Waals surface area contributed by atoms with Crippen molar-refractivity contribution in [3.05, 3.63) is 29.0 Å². The molecule has 1 aliphatic heterocycles. The fraction of sp³-hybridized carbons (Fsp3) is 0.667. The number of likely N-dealkylation sites (tertiary alicyclic amines) is 1. The molecule has 1 saturated heterocycles. The number of nitrogens with zero attached hydrogens (tertiary/aromatic N) is 2. The zero-order valence-corrected chi connectivity index (χ0v) is 13.2. The van der Waals surface area contributed by atoms with E-state index in [1.165, 1.54) is 18.3 Å². The number of rotatable bonds is 2. The lowest BCUT2D eigenvalue weighted by Crippen LogP contribution is -2.46. The first kappa shape index (κ1) is 16.6. The Bertz CT molecular complexity index is 479. The van der Waals surface area contributed by atoms with E-state index >= 15 is 0 Å². The third-order valence-electron chi connectivity index (χ3n) is 4.00. The molecule has 0 aromatic carbocycles. The van der Waals surface area contributed by atoms with Gasteiger partial charge < -0.3 is 0 Å². The van der Waals surface area contributed by atoms with Crippen LogP contribution in [0.2, 0.25) is 5.15 Å². The minimum absolute atomic E-state index is 0.0974. The van der Waals surface area contributed by atoms with E-state index in [1.807, 2.05) is 20.8 Å². The summed E-state index contributed by atoms with van der Waals surface area (Å²) < 4.78 is 40.9. The van der Waals surface area contributed by atoms with E-state index in [1.54, 1.807) is 4.90 Å². The maximum Gasteiger partial charge on any atom is 0.408 e. The number of alkyl halides is 3. The maximum absolute atomic E-state index is 13.6. The molecule has 2 nitrogen and oxygen atoms in total. The van der Waals surface area contributed by atoms with Crippen molar-refractivity contribution in [2.24, 2.45) is 5.41 Å². The van der Waals surface area contributed by atoms with Gasteiger partial charge in [-0.15, -0.1) is 0 Å². The van der Waals surface area contributed by atoms with Gasteiger partial charge in [-0.25, -0.2) is 4.98 Å². The van der Waals surface area contributed by atoms with E-state index in [0.717, 1.165) is 12.8 Å². The molecule has 0 amide bonds. The van der Waals surface area contributed by atoms with Gasteiger partial charge in [-0.3, -0.25) is 4.90 Å². The first-order chi connectivity index (χ1) is 9.60. The molecule has 1 aromatic heterocycles. The summed E-state index contributed by atoms with van der Waals surface area (Å²) in [5, 5.41) is 0.202. The van der Waals surface area contributed by atoms with Crippen LogP contribution in [0.1, 0.15) is 45.2 Å². The van der Waals surface area contributed by atoms with Gasteiger partial charge in [-0.1, -0.05) is 38.4 Å². The highest BCUT2D eigenvalue weighted by molar-refractivity contribution is 6.29. The van der Waals surface area contributed by atoms with Gasteiger partial charge in [0, 0.05) is 12.2 Å². The van der Waals surface area contributed by atoms with E-state index < -0.39 is 12.2 Å². The van der Waals surface area contributed by atoms with Crippen molar-refractivity contribution < 1.29 is 13.2 Å². The van der Waals surface area contributed by atoms with Crippen LogP contribution in [0.4, 0.5) is 13.2 Å². The quantitative estimate of drug-likeness (QED) is 0.724. The topological polar surface area (TPSA) is 16.1 Å². The maximum atomic E-state index is 13.6. The van der Waals surface area contributed by atoms with Gasteiger partial charge in [0.25, 0.3) is 0 Å². The second kappa shape index (κ2) is 5.76. The molecular weight excluding hydrogens is 301 g/mol. The van der Waals surface area contributed by atoms with E-state index in [4.69, 9.17) is 11.6 Å². The summed E-state index contributed by atoms with van der Waals surface area (Å²) in [4.78, 5) is 5.39. The average Bonchev–Trinajstić information content (AvgIpc) is 2.79. The fourth-order valence-corrected chi connectivity index (χ4v) is 3.26. The van der Waals surface area contributed by atoms with Crippen molar-refractivity contribution in [1.29, 1.82) is 0 Å². The van der Waals surface area contributed by atoms with Gasteiger partial charge >= 0.3 is 6.18 Å². The Kier molecular flexibility index (Phi) is 4.54. The minimum atomic E-state index is -4.33. The summed E-state index contributed by atoms with van der Waals surface area (Å²) in [6.07, 6.45) is -1.52. The second-order valence-electron chi connectivity index (χ2n) is 6.62. The minimum Gasteiger partial charge on any atom is -0.285 e. The van der Waals surface area contributed by atoms with Crippen molar-refractivity contribution >= 4 is 11.6 Å². The molecule has 118 valence electrons. The Balaban J connectivity index is 2.39. The highest BCUT2D eigenvalue weighted by Crippen LogP contribution is 2.45. The number of hydrogen-bond acceptors (Lipinski definition) is 2. The van der Waals surface area contributed by atoms with Crippen LogP contribution < -0.4 is 0 Å². The summed E-state index contributed by atoms with van der Waals surface area (Å²) in [6.45, 7) is 6.42. The van der Waals surface area contributed by atoms with Crippen molar-refractivity contribution in [1.82, 2.24) is 9.88 Å². The van der Waals surface area contributed by atoms with Crippen molar-refractivity contribution in [2.75, 3.05) is 6.54 Å². The largest absolute Gasteiger partial charge is 0.408 e. The highest BCUT2D eigenvalue weighted by atomic mass is 35.5. The summed E-state index contributed by atoms with van der Waals surface area (Å²) in [6, 6.07) is 1.12. The molecule has 0 radical (unpaired) electrons. The van der Waals surface area contributed by atoms with Crippen LogP contribution in [-0.2, 0) is 0 Å². The van der Waals surface area contributed by atoms with Crippen LogP contribution in [0.5, 0.6) is 0 Å². The molecule has 2 rings (SSSR count). The molecule has 1 aliphatic rings. The highest BCUT2D eigenvalue weighted by Gasteiger charge is 2.50. The zero-order chi connectivity index (χ0) is 15.8. The molecule has 21 heavy (non-hydrogen) atoms. The summed E-state index contributed by atoms with van der Waals surface area (Å²) >= 11 is 5.69. The Morgan fingerprint density at radius 1 is 1.29 bits per heavy atom. The average molecular weight is 321 g/mol. The van der Waals surface area contributed by atoms with Crippen LogP contribution >= 0.6 is 11.6 Å². The van der Waals surface area contributed by atoms with Gasteiger partial charge in [-0.05, 0) is 36.4 Å². The lowest BCUT2D eigenvalue weighted by molar-refractivity contribution is -0.193. The molecule has 0 unspecified atom stereocenters. The Labute approximate surface area is 128 Å². The van der Waals surface area contributed by atoms with Crippen LogP contribution in [-0.4, -0.2) is 28.6 Å². The molecule has 2 heterocycles. The number of halogens is 4. The van der Waals surface area contributed by atoms with Crippen LogP contribution in [0.15, 0.2) is 18.3 Å². The predicted molar refractivity (Wildman–Crippen MR) is 77.2 cm³/mol. The van der Waals surface area contributed by atoms with Gasteiger partial charge in [0.15, 0.2) is 0 Å².